The van der Waals surface area contributed by atoms with Gasteiger partial charge in [0, 0.05) is 11.3 Å². The number of carbonyl (C=O) groups excluding carboxylic acids is 1. The SMILES string of the molecule is Cc1nc2ccc(NC(=O)c3ccc(F)c(C)c3)cc2s1. The van der Waals surface area contributed by atoms with Crippen LogP contribution < -0.4 is 5.32 Å². The smallest absolute Gasteiger partial charge is 0.255 e. The first kappa shape index (κ1) is 13.7. The fourth-order valence-electron chi connectivity index (χ4n) is 2.11. The molecule has 3 aromatic rings. The van der Waals surface area contributed by atoms with Gasteiger partial charge in [-0.2, -0.15) is 0 Å². The van der Waals surface area contributed by atoms with E-state index in [4.69, 9.17) is 0 Å². The lowest BCUT2D eigenvalue weighted by atomic mass is 10.1. The largest absolute Gasteiger partial charge is 0.322 e. The Bertz CT molecular complexity index is 841. The van der Waals surface area contributed by atoms with E-state index in [0.29, 0.717) is 16.8 Å². The van der Waals surface area contributed by atoms with Gasteiger partial charge in [0.1, 0.15) is 5.82 Å². The van der Waals surface area contributed by atoms with E-state index in [2.05, 4.69) is 10.3 Å². The molecule has 2 aromatic carbocycles. The van der Waals surface area contributed by atoms with E-state index in [1.807, 2.05) is 25.1 Å². The van der Waals surface area contributed by atoms with Crippen molar-refractivity contribution in [1.29, 1.82) is 0 Å². The van der Waals surface area contributed by atoms with Gasteiger partial charge in [-0.05, 0) is 55.8 Å². The third-order valence-electron chi connectivity index (χ3n) is 3.17. The van der Waals surface area contributed by atoms with Gasteiger partial charge in [-0.3, -0.25) is 4.79 Å². The summed E-state index contributed by atoms with van der Waals surface area (Å²) in [7, 11) is 0. The van der Waals surface area contributed by atoms with E-state index in [9.17, 15) is 9.18 Å². The maximum absolute atomic E-state index is 13.2. The van der Waals surface area contributed by atoms with Gasteiger partial charge in [0.15, 0.2) is 0 Å². The molecule has 1 heterocycles. The first-order chi connectivity index (χ1) is 10.0. The quantitative estimate of drug-likeness (QED) is 0.766. The number of rotatable bonds is 2. The Labute approximate surface area is 125 Å². The van der Waals surface area contributed by atoms with Crippen LogP contribution in [0.15, 0.2) is 36.4 Å². The predicted molar refractivity (Wildman–Crippen MR) is 83.4 cm³/mol. The molecule has 0 saturated carbocycles. The summed E-state index contributed by atoms with van der Waals surface area (Å²) in [5.41, 5.74) is 2.52. The number of benzene rings is 2. The summed E-state index contributed by atoms with van der Waals surface area (Å²) >= 11 is 1.58. The zero-order valence-corrected chi connectivity index (χ0v) is 12.4. The van der Waals surface area contributed by atoms with Gasteiger partial charge in [-0.15, -0.1) is 11.3 Å². The van der Waals surface area contributed by atoms with Crippen molar-refractivity contribution in [3.05, 3.63) is 58.3 Å². The molecule has 3 nitrogen and oxygen atoms in total. The maximum atomic E-state index is 13.2. The van der Waals surface area contributed by atoms with Gasteiger partial charge >= 0.3 is 0 Å². The van der Waals surface area contributed by atoms with E-state index in [-0.39, 0.29) is 11.7 Å². The number of nitrogens with zero attached hydrogens (tertiary/aromatic N) is 1. The van der Waals surface area contributed by atoms with Crippen LogP contribution in [0.4, 0.5) is 10.1 Å². The second kappa shape index (κ2) is 5.26. The molecule has 5 heteroatoms. The topological polar surface area (TPSA) is 42.0 Å². The highest BCUT2D eigenvalue weighted by Gasteiger charge is 2.09. The van der Waals surface area contributed by atoms with Crippen molar-refractivity contribution in [2.24, 2.45) is 0 Å². The molecule has 0 aliphatic carbocycles. The van der Waals surface area contributed by atoms with Crippen LogP contribution in [0.25, 0.3) is 10.2 Å². The van der Waals surface area contributed by atoms with Crippen LogP contribution in [0, 0.1) is 19.7 Å². The van der Waals surface area contributed by atoms with E-state index >= 15 is 0 Å². The average Bonchev–Trinajstić information content (AvgIpc) is 2.81. The van der Waals surface area contributed by atoms with Crippen molar-refractivity contribution < 1.29 is 9.18 Å². The van der Waals surface area contributed by atoms with E-state index in [0.717, 1.165) is 15.2 Å². The Kier molecular flexibility index (Phi) is 3.43. The molecule has 21 heavy (non-hydrogen) atoms. The maximum Gasteiger partial charge on any atom is 0.255 e. The van der Waals surface area contributed by atoms with Crippen molar-refractivity contribution in [2.45, 2.75) is 13.8 Å². The fourth-order valence-corrected chi connectivity index (χ4v) is 2.97. The predicted octanol–water partition coefficient (Wildman–Crippen LogP) is 4.30. The monoisotopic (exact) mass is 300 g/mol. The van der Waals surface area contributed by atoms with Crippen LogP contribution in [0.3, 0.4) is 0 Å². The molecule has 0 aliphatic rings. The number of aromatic nitrogens is 1. The molecule has 1 N–H and O–H groups in total. The minimum absolute atomic E-state index is 0.251. The number of carbonyl (C=O) groups is 1. The molecule has 1 aromatic heterocycles. The molecule has 106 valence electrons. The van der Waals surface area contributed by atoms with Crippen molar-refractivity contribution >= 4 is 33.1 Å². The fraction of sp³-hybridized carbons (Fsp3) is 0.125. The number of amides is 1. The first-order valence-corrected chi connectivity index (χ1v) is 7.29. The summed E-state index contributed by atoms with van der Waals surface area (Å²) < 4.78 is 14.3. The highest BCUT2D eigenvalue weighted by molar-refractivity contribution is 7.18. The Hall–Kier alpha value is -2.27. The molecule has 0 spiro atoms. The van der Waals surface area contributed by atoms with Crippen molar-refractivity contribution in [3.63, 3.8) is 0 Å². The number of thiazole rings is 1. The van der Waals surface area contributed by atoms with Gasteiger partial charge in [-0.1, -0.05) is 0 Å². The van der Waals surface area contributed by atoms with Crippen LogP contribution in [-0.2, 0) is 0 Å². The second-order valence-electron chi connectivity index (χ2n) is 4.83. The Balaban J connectivity index is 1.86. The number of hydrogen-bond acceptors (Lipinski definition) is 3. The summed E-state index contributed by atoms with van der Waals surface area (Å²) in [6, 6.07) is 9.92. The molecule has 0 atom stereocenters. The molecule has 0 aliphatic heterocycles. The molecule has 0 bridgehead atoms. The van der Waals surface area contributed by atoms with Gasteiger partial charge in [0.2, 0.25) is 0 Å². The average molecular weight is 300 g/mol. The molecule has 0 saturated heterocycles. The molecule has 3 rings (SSSR count). The van der Waals surface area contributed by atoms with E-state index in [1.165, 1.54) is 12.1 Å². The summed E-state index contributed by atoms with van der Waals surface area (Å²) in [4.78, 5) is 16.6. The highest BCUT2D eigenvalue weighted by atomic mass is 32.1. The normalized spacial score (nSPS) is 10.8. The summed E-state index contributed by atoms with van der Waals surface area (Å²) in [5.74, 6) is -0.563. The van der Waals surface area contributed by atoms with Crippen LogP contribution in [0.1, 0.15) is 20.9 Å². The van der Waals surface area contributed by atoms with Crippen molar-refractivity contribution in [3.8, 4) is 0 Å². The highest BCUT2D eigenvalue weighted by Crippen LogP contribution is 2.25. The minimum Gasteiger partial charge on any atom is -0.322 e. The number of aryl methyl sites for hydroxylation is 2. The molecular formula is C16H13FN2OS. The van der Waals surface area contributed by atoms with Crippen molar-refractivity contribution in [2.75, 3.05) is 5.32 Å². The summed E-state index contributed by atoms with van der Waals surface area (Å²) in [6.45, 7) is 3.59. The summed E-state index contributed by atoms with van der Waals surface area (Å²) in [6.07, 6.45) is 0. The molecule has 0 radical (unpaired) electrons. The Morgan fingerprint density at radius 2 is 2.00 bits per heavy atom. The number of fused-ring (bicyclic) bond motifs is 1. The van der Waals surface area contributed by atoms with Crippen molar-refractivity contribution in [1.82, 2.24) is 4.98 Å². The third-order valence-corrected chi connectivity index (χ3v) is 4.11. The lowest BCUT2D eigenvalue weighted by molar-refractivity contribution is 0.102. The van der Waals surface area contributed by atoms with Gasteiger partial charge in [0.25, 0.3) is 5.91 Å². The van der Waals surface area contributed by atoms with Crippen LogP contribution in [0.2, 0.25) is 0 Å². The third kappa shape index (κ3) is 2.78. The lowest BCUT2D eigenvalue weighted by Gasteiger charge is -2.06. The number of nitrogens with one attached hydrogen (secondary N) is 1. The molecule has 0 fully saturated rings. The minimum atomic E-state index is -0.312. The van der Waals surface area contributed by atoms with E-state index in [1.54, 1.807) is 24.3 Å². The van der Waals surface area contributed by atoms with Gasteiger partial charge in [0.05, 0.1) is 15.2 Å². The van der Waals surface area contributed by atoms with E-state index < -0.39 is 0 Å². The van der Waals surface area contributed by atoms with Crippen LogP contribution in [-0.4, -0.2) is 10.9 Å². The number of halogens is 1. The molecule has 0 unspecified atom stereocenters. The number of anilines is 1. The Morgan fingerprint density at radius 1 is 1.19 bits per heavy atom. The van der Waals surface area contributed by atoms with Gasteiger partial charge < -0.3 is 5.32 Å². The Morgan fingerprint density at radius 3 is 2.76 bits per heavy atom. The van der Waals surface area contributed by atoms with Gasteiger partial charge in [-0.25, -0.2) is 9.37 Å². The summed E-state index contributed by atoms with van der Waals surface area (Å²) in [5, 5.41) is 3.81. The van der Waals surface area contributed by atoms with Crippen LogP contribution in [0.5, 0.6) is 0 Å². The molecule has 1 amide bonds. The first-order valence-electron chi connectivity index (χ1n) is 6.47. The standard InChI is InChI=1S/C16H13FN2OS/c1-9-7-11(3-5-13(9)17)16(20)19-12-4-6-14-15(8-12)21-10(2)18-14/h3-8H,1-2H3,(H,19,20). The lowest BCUT2D eigenvalue weighted by Crippen LogP contribution is -2.12. The molecular weight excluding hydrogens is 287 g/mol. The zero-order chi connectivity index (χ0) is 15.0. The zero-order valence-electron chi connectivity index (χ0n) is 11.6. The number of hydrogen-bond donors (Lipinski definition) is 1. The van der Waals surface area contributed by atoms with Crippen LogP contribution >= 0.6 is 11.3 Å². The second-order valence-corrected chi connectivity index (χ2v) is 6.07.